The maximum absolute atomic E-state index is 12.1. The lowest BCUT2D eigenvalue weighted by Gasteiger charge is -2.10. The molecule has 9 heteroatoms. The van der Waals surface area contributed by atoms with Gasteiger partial charge in [0.25, 0.3) is 6.01 Å². The number of halogens is 2. The van der Waals surface area contributed by atoms with Crippen molar-refractivity contribution in [1.82, 2.24) is 10.3 Å². The molecular weight excluding hydrogens is 343 g/mol. The number of aromatic nitrogens is 1. The van der Waals surface area contributed by atoms with Gasteiger partial charge in [-0.25, -0.2) is 0 Å². The van der Waals surface area contributed by atoms with Crippen LogP contribution in [0.4, 0.5) is 11.7 Å². The van der Waals surface area contributed by atoms with E-state index in [-0.39, 0.29) is 36.8 Å². The van der Waals surface area contributed by atoms with Crippen molar-refractivity contribution in [1.29, 1.82) is 0 Å². The van der Waals surface area contributed by atoms with Crippen LogP contribution < -0.4 is 15.5 Å². The second-order valence-corrected chi connectivity index (χ2v) is 5.41. The second-order valence-electron chi connectivity index (χ2n) is 5.41. The molecule has 0 aliphatic carbocycles. The Morgan fingerprint density at radius 1 is 1.43 bits per heavy atom. The average molecular weight is 363 g/mol. The number of rotatable bonds is 3. The lowest BCUT2D eigenvalue weighted by Crippen LogP contribution is -2.35. The zero-order valence-electron chi connectivity index (χ0n) is 12.8. The van der Waals surface area contributed by atoms with Gasteiger partial charge < -0.3 is 25.1 Å². The van der Waals surface area contributed by atoms with E-state index in [1.807, 2.05) is 14.1 Å². The minimum Gasteiger partial charge on any atom is -0.423 e. The Morgan fingerprint density at radius 2 is 2.17 bits per heavy atom. The zero-order valence-corrected chi connectivity index (χ0v) is 14.4. The molecule has 1 aromatic heterocycles. The third-order valence-corrected chi connectivity index (χ3v) is 3.45. The van der Waals surface area contributed by atoms with E-state index in [1.165, 1.54) is 0 Å². The number of hydrogen-bond acceptors (Lipinski definition) is 6. The largest absolute Gasteiger partial charge is 0.423 e. The lowest BCUT2D eigenvalue weighted by atomic mass is 10.2. The lowest BCUT2D eigenvalue weighted by molar-refractivity contribution is -0.117. The number of anilines is 2. The fraction of sp³-hybridized carbons (Fsp3) is 0.429. The molecule has 128 valence electrons. The zero-order chi connectivity index (χ0) is 15.0. The van der Waals surface area contributed by atoms with Gasteiger partial charge >= 0.3 is 0 Å². The Morgan fingerprint density at radius 3 is 2.78 bits per heavy atom. The molecular formula is C14H20Cl2N4O3. The van der Waals surface area contributed by atoms with Crippen molar-refractivity contribution < 1.29 is 14.3 Å². The Hall–Kier alpha value is -1.54. The third kappa shape index (κ3) is 4.26. The quantitative estimate of drug-likeness (QED) is 0.764. The number of fused-ring (bicyclic) bond motifs is 1. The molecule has 1 aliphatic rings. The maximum atomic E-state index is 12.1. The van der Waals surface area contributed by atoms with Crippen LogP contribution in [-0.2, 0) is 4.79 Å². The normalized spacial score (nSPS) is 19.8. The number of nitrogens with zero attached hydrogens (tertiary/aromatic N) is 2. The first-order chi connectivity index (χ1) is 10.0. The van der Waals surface area contributed by atoms with Crippen LogP contribution in [0.2, 0.25) is 0 Å². The van der Waals surface area contributed by atoms with Crippen LogP contribution in [0.15, 0.2) is 22.6 Å². The summed E-state index contributed by atoms with van der Waals surface area (Å²) < 4.78 is 5.56. The molecule has 1 fully saturated rings. The van der Waals surface area contributed by atoms with Gasteiger partial charge in [-0.2, -0.15) is 4.98 Å². The second kappa shape index (κ2) is 7.83. The van der Waals surface area contributed by atoms with Crippen LogP contribution in [0.3, 0.4) is 0 Å². The summed E-state index contributed by atoms with van der Waals surface area (Å²) in [7, 11) is 3.70. The van der Waals surface area contributed by atoms with Gasteiger partial charge in [-0.3, -0.25) is 4.79 Å². The summed E-state index contributed by atoms with van der Waals surface area (Å²) in [6, 6.07) is 5.49. The van der Waals surface area contributed by atoms with Gasteiger partial charge in [-0.05, 0) is 24.6 Å². The molecule has 1 aliphatic heterocycles. The first kappa shape index (κ1) is 19.5. The highest BCUT2D eigenvalue weighted by Crippen LogP contribution is 2.23. The monoisotopic (exact) mass is 362 g/mol. The van der Waals surface area contributed by atoms with Crippen molar-refractivity contribution in [2.24, 2.45) is 0 Å². The summed E-state index contributed by atoms with van der Waals surface area (Å²) >= 11 is 0. The molecule has 2 heterocycles. The Bertz CT molecular complexity index is 677. The van der Waals surface area contributed by atoms with Gasteiger partial charge in [0.05, 0.1) is 12.1 Å². The van der Waals surface area contributed by atoms with E-state index in [0.717, 1.165) is 0 Å². The van der Waals surface area contributed by atoms with E-state index in [2.05, 4.69) is 15.6 Å². The fourth-order valence-electron chi connectivity index (χ4n) is 2.33. The minimum absolute atomic E-state index is 0. The molecule has 0 saturated carbocycles. The number of aliphatic hydroxyl groups excluding tert-OH is 1. The number of carbonyl (C=O) groups is 1. The van der Waals surface area contributed by atoms with Gasteiger partial charge in [-0.1, -0.05) is 0 Å². The molecule has 0 bridgehead atoms. The third-order valence-electron chi connectivity index (χ3n) is 3.45. The summed E-state index contributed by atoms with van der Waals surface area (Å²) in [5, 5.41) is 15.2. The van der Waals surface area contributed by atoms with Gasteiger partial charge in [-0.15, -0.1) is 24.8 Å². The Balaban J connectivity index is 0.00000132. The number of benzene rings is 1. The van der Waals surface area contributed by atoms with E-state index in [4.69, 9.17) is 4.42 Å². The predicted octanol–water partition coefficient (Wildman–Crippen LogP) is 1.40. The number of amides is 1. The molecule has 3 rings (SSSR count). The van der Waals surface area contributed by atoms with Gasteiger partial charge in [0.2, 0.25) is 5.91 Å². The molecule has 2 atom stereocenters. The van der Waals surface area contributed by atoms with E-state index in [9.17, 15) is 9.90 Å². The summed E-state index contributed by atoms with van der Waals surface area (Å²) in [5.74, 6) is -0.151. The van der Waals surface area contributed by atoms with Crippen LogP contribution in [0.25, 0.3) is 11.1 Å². The van der Waals surface area contributed by atoms with Crippen molar-refractivity contribution in [2.75, 3.05) is 30.9 Å². The van der Waals surface area contributed by atoms with Crippen LogP contribution in [-0.4, -0.2) is 48.8 Å². The summed E-state index contributed by atoms with van der Waals surface area (Å²) in [5.41, 5.74) is 2.02. The number of hydrogen-bond donors (Lipinski definition) is 3. The standard InChI is InChI=1S/C14H18N4O3.2ClH/c1-18(2)14-17-10-5-8(3-4-12(10)21-14)16-13(20)11-6-9(19)7-15-11;;/h3-5,9,11,15,19H,6-7H2,1-2H3,(H,16,20);2*1H. The molecule has 2 unspecified atom stereocenters. The number of carbonyl (C=O) groups excluding carboxylic acids is 1. The van der Waals surface area contributed by atoms with Crippen molar-refractivity contribution in [3.05, 3.63) is 18.2 Å². The van der Waals surface area contributed by atoms with Crippen LogP contribution in [0.1, 0.15) is 6.42 Å². The first-order valence-corrected chi connectivity index (χ1v) is 6.83. The van der Waals surface area contributed by atoms with E-state index in [0.29, 0.717) is 35.8 Å². The Kier molecular flexibility index (Phi) is 6.64. The summed E-state index contributed by atoms with van der Waals surface area (Å²) in [4.78, 5) is 18.2. The van der Waals surface area contributed by atoms with Crippen LogP contribution >= 0.6 is 24.8 Å². The van der Waals surface area contributed by atoms with Crippen molar-refractivity contribution in [3.8, 4) is 0 Å². The first-order valence-electron chi connectivity index (χ1n) is 6.83. The molecule has 0 spiro atoms. The predicted molar refractivity (Wildman–Crippen MR) is 93.9 cm³/mol. The van der Waals surface area contributed by atoms with Crippen LogP contribution in [0, 0.1) is 0 Å². The minimum atomic E-state index is -0.457. The van der Waals surface area contributed by atoms with Gasteiger partial charge in [0.1, 0.15) is 5.52 Å². The SMILES string of the molecule is CN(C)c1nc2cc(NC(=O)C3CC(O)CN3)ccc2o1.Cl.Cl. The molecule has 1 amide bonds. The molecule has 23 heavy (non-hydrogen) atoms. The Labute approximate surface area is 146 Å². The van der Waals surface area contributed by atoms with Gasteiger partial charge in [0.15, 0.2) is 5.58 Å². The molecule has 3 N–H and O–H groups in total. The van der Waals surface area contributed by atoms with E-state index >= 15 is 0 Å². The molecule has 2 aromatic rings. The van der Waals surface area contributed by atoms with Gasteiger partial charge in [0, 0.05) is 26.3 Å². The highest BCUT2D eigenvalue weighted by atomic mass is 35.5. The number of aliphatic hydroxyl groups is 1. The molecule has 0 radical (unpaired) electrons. The van der Waals surface area contributed by atoms with E-state index < -0.39 is 6.10 Å². The smallest absolute Gasteiger partial charge is 0.297 e. The van der Waals surface area contributed by atoms with Crippen LogP contribution in [0.5, 0.6) is 0 Å². The summed E-state index contributed by atoms with van der Waals surface area (Å²) in [6.45, 7) is 0.451. The molecule has 7 nitrogen and oxygen atoms in total. The maximum Gasteiger partial charge on any atom is 0.297 e. The van der Waals surface area contributed by atoms with E-state index in [1.54, 1.807) is 23.1 Å². The average Bonchev–Trinajstić information content (AvgIpc) is 3.04. The van der Waals surface area contributed by atoms with Crippen molar-refractivity contribution in [2.45, 2.75) is 18.6 Å². The van der Waals surface area contributed by atoms with Crippen molar-refractivity contribution >= 4 is 53.5 Å². The number of oxazole rings is 1. The molecule has 1 aromatic carbocycles. The topological polar surface area (TPSA) is 90.6 Å². The number of nitrogens with one attached hydrogen (secondary N) is 2. The highest BCUT2D eigenvalue weighted by molar-refractivity contribution is 5.96. The molecule has 1 saturated heterocycles. The number of β-amino-alcohol motifs (C(OH)–C–C–N with tert-alkyl or cyclic N) is 1. The van der Waals surface area contributed by atoms with Crippen molar-refractivity contribution in [3.63, 3.8) is 0 Å². The highest BCUT2D eigenvalue weighted by Gasteiger charge is 2.28. The fourth-order valence-corrected chi connectivity index (χ4v) is 2.33. The summed E-state index contributed by atoms with van der Waals surface area (Å²) in [6.07, 6.45) is -0.0237.